The summed E-state index contributed by atoms with van der Waals surface area (Å²) in [6, 6.07) is 0. The number of rotatable bonds is 9. The summed E-state index contributed by atoms with van der Waals surface area (Å²) in [6.07, 6.45) is 6.88. The molecule has 0 N–H and O–H groups in total. The number of aromatic nitrogens is 3. The third-order valence-electron chi connectivity index (χ3n) is 3.16. The zero-order valence-corrected chi connectivity index (χ0v) is 12.7. The number of ketones is 1. The molecule has 4 heteroatoms. The van der Waals surface area contributed by atoms with Gasteiger partial charge in [-0.25, -0.2) is 0 Å². The molecule has 0 radical (unpaired) electrons. The van der Waals surface area contributed by atoms with E-state index < -0.39 is 0 Å². The lowest BCUT2D eigenvalue weighted by Crippen LogP contribution is -2.06. The van der Waals surface area contributed by atoms with E-state index in [1.54, 1.807) is 0 Å². The molecule has 0 bridgehead atoms. The Morgan fingerprint density at radius 1 is 1.21 bits per heavy atom. The Bertz CT molecular complexity index is 382. The topological polar surface area (TPSA) is 47.8 Å². The number of unbranched alkanes of at least 4 members (excludes halogenated alkanes) is 2. The van der Waals surface area contributed by atoms with Crippen LogP contribution in [0.1, 0.15) is 59.1 Å². The zero-order chi connectivity index (χ0) is 14.3. The molecule has 19 heavy (non-hydrogen) atoms. The van der Waals surface area contributed by atoms with E-state index in [9.17, 15) is 4.79 Å². The van der Waals surface area contributed by atoms with Crippen molar-refractivity contribution in [2.45, 2.75) is 66.3 Å². The Morgan fingerprint density at radius 2 is 1.95 bits per heavy atom. The highest BCUT2D eigenvalue weighted by Crippen LogP contribution is 2.08. The minimum Gasteiger partial charge on any atom is -0.299 e. The fourth-order valence-corrected chi connectivity index (χ4v) is 2.00. The standard InChI is InChI=1S/C15H27N3O/c1-12(2)10-14-11-18(17-16-14)9-7-5-6-8-15(19)13(3)4/h11-13H,5-10H2,1-4H3. The second kappa shape index (κ2) is 8.08. The first-order valence-electron chi connectivity index (χ1n) is 7.40. The molecule has 1 aromatic rings. The molecule has 0 amide bonds. The van der Waals surface area contributed by atoms with E-state index in [2.05, 4.69) is 24.2 Å². The summed E-state index contributed by atoms with van der Waals surface area (Å²) in [5.74, 6) is 1.17. The second-order valence-corrected chi connectivity index (χ2v) is 6.00. The summed E-state index contributed by atoms with van der Waals surface area (Å²) in [4.78, 5) is 11.5. The third-order valence-corrected chi connectivity index (χ3v) is 3.16. The number of hydrogen-bond donors (Lipinski definition) is 0. The quantitative estimate of drug-likeness (QED) is 0.644. The maximum absolute atomic E-state index is 11.5. The summed E-state index contributed by atoms with van der Waals surface area (Å²) >= 11 is 0. The minimum atomic E-state index is 0.175. The highest BCUT2D eigenvalue weighted by molar-refractivity contribution is 5.80. The molecular formula is C15H27N3O. The molecule has 4 nitrogen and oxygen atoms in total. The largest absolute Gasteiger partial charge is 0.299 e. The number of carbonyl (C=O) groups is 1. The third kappa shape index (κ3) is 6.50. The molecule has 0 atom stereocenters. The van der Waals surface area contributed by atoms with Crippen molar-refractivity contribution in [3.8, 4) is 0 Å². The predicted octanol–water partition coefficient (Wildman–Crippen LogP) is 3.26. The number of Topliss-reactive ketones (excluding diaryl/α,β-unsaturated/α-hetero) is 1. The van der Waals surface area contributed by atoms with Crippen LogP contribution in [0.25, 0.3) is 0 Å². The van der Waals surface area contributed by atoms with Crippen LogP contribution in [0.3, 0.4) is 0 Å². The van der Waals surface area contributed by atoms with Crippen LogP contribution in [0.15, 0.2) is 6.20 Å². The van der Waals surface area contributed by atoms with E-state index in [0.717, 1.165) is 37.9 Å². The van der Waals surface area contributed by atoms with Crippen LogP contribution in [0.4, 0.5) is 0 Å². The maximum Gasteiger partial charge on any atom is 0.135 e. The van der Waals surface area contributed by atoms with Crippen molar-refractivity contribution in [3.63, 3.8) is 0 Å². The average molecular weight is 265 g/mol. The highest BCUT2D eigenvalue weighted by atomic mass is 16.1. The van der Waals surface area contributed by atoms with Gasteiger partial charge >= 0.3 is 0 Å². The van der Waals surface area contributed by atoms with Gasteiger partial charge in [0, 0.05) is 25.1 Å². The summed E-state index contributed by atoms with van der Waals surface area (Å²) in [7, 11) is 0. The van der Waals surface area contributed by atoms with E-state index in [1.165, 1.54) is 0 Å². The van der Waals surface area contributed by atoms with Crippen LogP contribution in [0, 0.1) is 11.8 Å². The molecule has 0 aliphatic rings. The van der Waals surface area contributed by atoms with Crippen LogP contribution >= 0.6 is 0 Å². The number of hydrogen-bond acceptors (Lipinski definition) is 3. The molecular weight excluding hydrogens is 238 g/mol. The number of carbonyl (C=O) groups excluding carboxylic acids is 1. The molecule has 0 unspecified atom stereocenters. The lowest BCUT2D eigenvalue weighted by atomic mass is 10.0. The Kier molecular flexibility index (Phi) is 6.74. The lowest BCUT2D eigenvalue weighted by molar-refractivity contribution is -0.122. The van der Waals surface area contributed by atoms with Crippen molar-refractivity contribution in [3.05, 3.63) is 11.9 Å². The summed E-state index contributed by atoms with van der Waals surface area (Å²) in [5.41, 5.74) is 1.07. The van der Waals surface area contributed by atoms with Crippen LogP contribution in [-0.4, -0.2) is 20.8 Å². The molecule has 0 spiro atoms. The van der Waals surface area contributed by atoms with Crippen molar-refractivity contribution >= 4 is 5.78 Å². The first-order chi connectivity index (χ1) is 8.99. The molecule has 0 aliphatic heterocycles. The molecule has 108 valence electrons. The van der Waals surface area contributed by atoms with Gasteiger partial charge in [-0.1, -0.05) is 39.3 Å². The van der Waals surface area contributed by atoms with Crippen LogP contribution in [0.2, 0.25) is 0 Å². The fourth-order valence-electron chi connectivity index (χ4n) is 2.00. The van der Waals surface area contributed by atoms with Gasteiger partial charge in [0.25, 0.3) is 0 Å². The molecule has 1 rings (SSSR count). The van der Waals surface area contributed by atoms with Gasteiger partial charge in [-0.15, -0.1) is 5.10 Å². The van der Waals surface area contributed by atoms with E-state index in [0.29, 0.717) is 18.1 Å². The fraction of sp³-hybridized carbons (Fsp3) is 0.800. The SMILES string of the molecule is CC(C)Cc1cn(CCCCCC(=O)C(C)C)nn1. The smallest absolute Gasteiger partial charge is 0.135 e. The number of nitrogens with zero attached hydrogens (tertiary/aromatic N) is 3. The van der Waals surface area contributed by atoms with Crippen molar-refractivity contribution in [2.24, 2.45) is 11.8 Å². The minimum absolute atomic E-state index is 0.175. The van der Waals surface area contributed by atoms with E-state index in [4.69, 9.17) is 0 Å². The Labute approximate surface area is 116 Å². The van der Waals surface area contributed by atoms with Gasteiger partial charge in [0.15, 0.2) is 0 Å². The molecule has 1 aromatic heterocycles. The molecule has 0 fully saturated rings. The van der Waals surface area contributed by atoms with Crippen molar-refractivity contribution in [2.75, 3.05) is 0 Å². The Balaban J connectivity index is 2.16. The van der Waals surface area contributed by atoms with E-state index in [1.807, 2.05) is 24.7 Å². The van der Waals surface area contributed by atoms with Gasteiger partial charge < -0.3 is 0 Å². The predicted molar refractivity (Wildman–Crippen MR) is 76.9 cm³/mol. The second-order valence-electron chi connectivity index (χ2n) is 6.00. The number of aryl methyl sites for hydroxylation is 1. The van der Waals surface area contributed by atoms with Crippen LogP contribution in [-0.2, 0) is 17.8 Å². The lowest BCUT2D eigenvalue weighted by Gasteiger charge is -2.04. The highest BCUT2D eigenvalue weighted by Gasteiger charge is 2.06. The van der Waals surface area contributed by atoms with Gasteiger partial charge in [0.05, 0.1) is 5.69 Å². The van der Waals surface area contributed by atoms with Gasteiger partial charge in [0.1, 0.15) is 5.78 Å². The Morgan fingerprint density at radius 3 is 2.58 bits per heavy atom. The first-order valence-corrected chi connectivity index (χ1v) is 7.40. The first kappa shape index (κ1) is 15.9. The van der Waals surface area contributed by atoms with Gasteiger partial charge in [-0.05, 0) is 25.2 Å². The van der Waals surface area contributed by atoms with Crippen LogP contribution in [0.5, 0.6) is 0 Å². The van der Waals surface area contributed by atoms with Crippen molar-refractivity contribution < 1.29 is 4.79 Å². The maximum atomic E-state index is 11.5. The Hall–Kier alpha value is -1.19. The van der Waals surface area contributed by atoms with Crippen molar-refractivity contribution in [1.82, 2.24) is 15.0 Å². The summed E-state index contributed by atoms with van der Waals surface area (Å²) < 4.78 is 1.92. The molecule has 0 saturated heterocycles. The van der Waals surface area contributed by atoms with E-state index >= 15 is 0 Å². The average Bonchev–Trinajstić information content (AvgIpc) is 2.75. The van der Waals surface area contributed by atoms with Crippen molar-refractivity contribution in [1.29, 1.82) is 0 Å². The summed E-state index contributed by atoms with van der Waals surface area (Å²) in [6.45, 7) is 9.21. The molecule has 0 saturated carbocycles. The zero-order valence-electron chi connectivity index (χ0n) is 12.7. The van der Waals surface area contributed by atoms with Gasteiger partial charge in [0.2, 0.25) is 0 Å². The molecule has 0 aliphatic carbocycles. The van der Waals surface area contributed by atoms with Gasteiger partial charge in [-0.3, -0.25) is 9.48 Å². The monoisotopic (exact) mass is 265 g/mol. The molecule has 0 aromatic carbocycles. The van der Waals surface area contributed by atoms with Gasteiger partial charge in [-0.2, -0.15) is 0 Å². The van der Waals surface area contributed by atoms with E-state index in [-0.39, 0.29) is 5.92 Å². The van der Waals surface area contributed by atoms with Crippen LogP contribution < -0.4 is 0 Å². The molecule has 1 heterocycles. The normalized spacial score (nSPS) is 11.5. The summed E-state index contributed by atoms with van der Waals surface area (Å²) in [5, 5.41) is 8.30.